The number of hydrogen-bond donors (Lipinski definition) is 2. The molecule has 14 heavy (non-hydrogen) atoms. The molecule has 0 saturated heterocycles. The van der Waals surface area contributed by atoms with Crippen LogP contribution in [0.25, 0.3) is 10.2 Å². The fourth-order valence-electron chi connectivity index (χ4n) is 1.03. The number of anilines is 1. The van der Waals surface area contributed by atoms with Gasteiger partial charge in [0.05, 0.1) is 10.2 Å². The summed E-state index contributed by atoms with van der Waals surface area (Å²) in [6.07, 6.45) is 0. The minimum absolute atomic E-state index is 0.161. The molecule has 0 aliphatic heterocycles. The first-order valence-corrected chi connectivity index (χ1v) is 5.91. The largest absolute Gasteiger partial charge is 0.359 e. The van der Waals surface area contributed by atoms with Crippen LogP contribution in [-0.2, 0) is 10.3 Å². The lowest BCUT2D eigenvalue weighted by Crippen LogP contribution is -2.09. The predicted molar refractivity (Wildman–Crippen MR) is 54.8 cm³/mol. The second kappa shape index (κ2) is 3.19. The topological polar surface area (TPSA) is 79.3 Å². The number of fused-ring (bicyclic) bond motifs is 1. The van der Waals surface area contributed by atoms with E-state index in [9.17, 15) is 8.42 Å². The average molecular weight is 230 g/mol. The molecule has 0 amide bonds. The molecule has 0 atom stereocenters. The number of nitrogens with zero attached hydrogens (tertiary/aromatic N) is 1. The van der Waals surface area contributed by atoms with Crippen molar-refractivity contribution in [1.82, 2.24) is 4.98 Å². The Hall–Kier alpha value is -1.18. The molecule has 0 spiro atoms. The maximum absolute atomic E-state index is 10.5. The highest BCUT2D eigenvalue weighted by Crippen LogP contribution is 2.25. The van der Waals surface area contributed by atoms with Crippen LogP contribution in [0.4, 0.5) is 5.13 Å². The molecule has 0 bridgehead atoms. The third kappa shape index (κ3) is 2.00. The molecule has 0 aliphatic carbocycles. The SMILES string of the molecule is O=S(=O)(O)Nc1nc2ccccc2s1. The summed E-state index contributed by atoms with van der Waals surface area (Å²) < 4.78 is 32.3. The van der Waals surface area contributed by atoms with Crippen molar-refractivity contribution in [2.75, 3.05) is 4.72 Å². The highest BCUT2D eigenvalue weighted by atomic mass is 32.2. The zero-order valence-corrected chi connectivity index (χ0v) is 8.47. The van der Waals surface area contributed by atoms with Gasteiger partial charge < -0.3 is 0 Å². The van der Waals surface area contributed by atoms with E-state index in [2.05, 4.69) is 4.98 Å². The minimum Gasteiger partial charge on any atom is -0.269 e. The van der Waals surface area contributed by atoms with Gasteiger partial charge in [-0.1, -0.05) is 23.5 Å². The van der Waals surface area contributed by atoms with E-state index >= 15 is 0 Å². The number of nitrogens with one attached hydrogen (secondary N) is 1. The standard InChI is InChI=1S/C7H6N2O3S2/c10-14(11,12)9-7-8-5-3-1-2-4-6(5)13-7/h1-4H,(H,8,9)(H,10,11,12). The lowest BCUT2D eigenvalue weighted by molar-refractivity contribution is 0.489. The summed E-state index contributed by atoms with van der Waals surface area (Å²) >= 11 is 1.16. The molecule has 0 aliphatic rings. The molecular weight excluding hydrogens is 224 g/mol. The summed E-state index contributed by atoms with van der Waals surface area (Å²) in [4.78, 5) is 3.97. The third-order valence-electron chi connectivity index (χ3n) is 1.51. The molecule has 0 fully saturated rings. The second-order valence-electron chi connectivity index (χ2n) is 2.56. The monoisotopic (exact) mass is 230 g/mol. The lowest BCUT2D eigenvalue weighted by Gasteiger charge is -1.93. The molecule has 2 N–H and O–H groups in total. The van der Waals surface area contributed by atoms with Gasteiger partial charge in [0.25, 0.3) is 0 Å². The van der Waals surface area contributed by atoms with Crippen molar-refractivity contribution in [2.45, 2.75) is 0 Å². The highest BCUT2D eigenvalue weighted by molar-refractivity contribution is 7.87. The van der Waals surface area contributed by atoms with Gasteiger partial charge in [-0.15, -0.1) is 0 Å². The van der Waals surface area contributed by atoms with Crippen LogP contribution in [0, 0.1) is 0 Å². The van der Waals surface area contributed by atoms with E-state index in [4.69, 9.17) is 4.55 Å². The van der Waals surface area contributed by atoms with Crippen molar-refractivity contribution in [3.05, 3.63) is 24.3 Å². The fourth-order valence-corrected chi connectivity index (χ4v) is 2.49. The molecule has 74 valence electrons. The molecule has 0 unspecified atom stereocenters. The molecule has 2 aromatic rings. The molecule has 0 radical (unpaired) electrons. The number of aromatic nitrogens is 1. The number of hydrogen-bond acceptors (Lipinski definition) is 4. The van der Waals surface area contributed by atoms with Crippen molar-refractivity contribution in [3.63, 3.8) is 0 Å². The van der Waals surface area contributed by atoms with E-state index in [1.807, 2.05) is 16.9 Å². The van der Waals surface area contributed by atoms with Gasteiger partial charge in [-0.05, 0) is 12.1 Å². The number of para-hydroxylation sites is 1. The average Bonchev–Trinajstić information content (AvgIpc) is 2.42. The van der Waals surface area contributed by atoms with Gasteiger partial charge in [0.1, 0.15) is 0 Å². The van der Waals surface area contributed by atoms with Crippen molar-refractivity contribution in [3.8, 4) is 0 Å². The van der Waals surface area contributed by atoms with Gasteiger partial charge in [-0.25, -0.2) is 9.71 Å². The van der Waals surface area contributed by atoms with Crippen LogP contribution in [0.3, 0.4) is 0 Å². The van der Waals surface area contributed by atoms with Gasteiger partial charge in [0, 0.05) is 0 Å². The Morgan fingerprint density at radius 3 is 2.71 bits per heavy atom. The van der Waals surface area contributed by atoms with Gasteiger partial charge >= 0.3 is 10.3 Å². The zero-order chi connectivity index (χ0) is 10.2. The van der Waals surface area contributed by atoms with Crippen LogP contribution in [0.2, 0.25) is 0 Å². The first-order valence-electron chi connectivity index (χ1n) is 3.65. The van der Waals surface area contributed by atoms with Crippen molar-refractivity contribution in [1.29, 1.82) is 0 Å². The quantitative estimate of drug-likeness (QED) is 0.766. The van der Waals surface area contributed by atoms with Crippen LogP contribution in [-0.4, -0.2) is 18.0 Å². The number of thiazole rings is 1. The Kier molecular flexibility index (Phi) is 2.14. The van der Waals surface area contributed by atoms with Gasteiger partial charge in [-0.2, -0.15) is 8.42 Å². The summed E-state index contributed by atoms with van der Waals surface area (Å²) in [6.45, 7) is 0. The summed E-state index contributed by atoms with van der Waals surface area (Å²) in [5.41, 5.74) is 0.698. The summed E-state index contributed by atoms with van der Waals surface area (Å²) in [5, 5.41) is 0.161. The van der Waals surface area contributed by atoms with Crippen LogP contribution >= 0.6 is 11.3 Å². The highest BCUT2D eigenvalue weighted by Gasteiger charge is 2.08. The van der Waals surface area contributed by atoms with E-state index in [0.29, 0.717) is 5.52 Å². The van der Waals surface area contributed by atoms with Crippen molar-refractivity contribution in [2.24, 2.45) is 0 Å². The number of rotatable bonds is 2. The van der Waals surface area contributed by atoms with Crippen LogP contribution in [0.5, 0.6) is 0 Å². The first kappa shape index (κ1) is 9.38. The smallest absolute Gasteiger partial charge is 0.269 e. The maximum atomic E-state index is 10.5. The van der Waals surface area contributed by atoms with E-state index in [0.717, 1.165) is 16.0 Å². The maximum Gasteiger partial charge on any atom is 0.359 e. The Bertz CT molecular complexity index is 528. The summed E-state index contributed by atoms with van der Waals surface area (Å²) in [7, 11) is -4.23. The minimum atomic E-state index is -4.23. The Morgan fingerprint density at radius 1 is 1.36 bits per heavy atom. The lowest BCUT2D eigenvalue weighted by atomic mass is 10.3. The molecule has 5 nitrogen and oxygen atoms in total. The normalized spacial score (nSPS) is 11.8. The van der Waals surface area contributed by atoms with Crippen molar-refractivity contribution < 1.29 is 13.0 Å². The van der Waals surface area contributed by atoms with Gasteiger partial charge in [-0.3, -0.25) is 4.55 Å². The molecule has 1 aromatic carbocycles. The third-order valence-corrected chi connectivity index (χ3v) is 3.04. The Balaban J connectivity index is 2.46. The summed E-state index contributed by atoms with van der Waals surface area (Å²) in [6, 6.07) is 7.22. The van der Waals surface area contributed by atoms with Gasteiger partial charge in [0.2, 0.25) is 0 Å². The van der Waals surface area contributed by atoms with Crippen molar-refractivity contribution >= 4 is 37.0 Å². The van der Waals surface area contributed by atoms with Crippen LogP contribution in [0.1, 0.15) is 0 Å². The molecule has 1 heterocycles. The first-order chi connectivity index (χ1) is 6.54. The van der Waals surface area contributed by atoms with Gasteiger partial charge in [0.15, 0.2) is 5.13 Å². The van der Waals surface area contributed by atoms with E-state index in [1.54, 1.807) is 12.1 Å². The molecular formula is C7H6N2O3S2. The molecule has 2 rings (SSSR count). The second-order valence-corrected chi connectivity index (χ2v) is 4.75. The van der Waals surface area contributed by atoms with E-state index < -0.39 is 10.3 Å². The fraction of sp³-hybridized carbons (Fsp3) is 0. The van der Waals surface area contributed by atoms with Crippen LogP contribution in [0.15, 0.2) is 24.3 Å². The summed E-state index contributed by atoms with van der Waals surface area (Å²) in [5.74, 6) is 0. The van der Waals surface area contributed by atoms with E-state index in [-0.39, 0.29) is 5.13 Å². The van der Waals surface area contributed by atoms with Crippen LogP contribution < -0.4 is 4.72 Å². The Labute approximate surface area is 84.3 Å². The molecule has 0 saturated carbocycles. The predicted octanol–water partition coefficient (Wildman–Crippen LogP) is 1.51. The molecule has 7 heteroatoms. The van der Waals surface area contributed by atoms with E-state index in [1.165, 1.54) is 0 Å². The zero-order valence-electron chi connectivity index (χ0n) is 6.84. The Morgan fingerprint density at radius 2 is 2.07 bits per heavy atom. The molecule has 1 aromatic heterocycles. The number of benzene rings is 1.